The van der Waals surface area contributed by atoms with Crippen LogP contribution in [-0.2, 0) is 11.3 Å². The molecule has 2 aliphatic heterocycles. The molecule has 3 rings (SSSR count). The van der Waals surface area contributed by atoms with Crippen molar-refractivity contribution in [1.29, 1.82) is 0 Å². The van der Waals surface area contributed by atoms with Gasteiger partial charge in [-0.3, -0.25) is 4.90 Å². The molecule has 1 aromatic heterocycles. The maximum atomic E-state index is 11.3. The average Bonchev–Trinajstić information content (AvgIpc) is 3.06. The van der Waals surface area contributed by atoms with E-state index in [0.717, 1.165) is 37.9 Å². The first-order valence-electron chi connectivity index (χ1n) is 6.89. The van der Waals surface area contributed by atoms with Gasteiger partial charge in [-0.15, -0.1) is 12.4 Å². The van der Waals surface area contributed by atoms with Crippen LogP contribution in [0.1, 0.15) is 29.2 Å². The molecule has 0 bridgehead atoms. The lowest BCUT2D eigenvalue weighted by atomic mass is 9.93. The number of nitrogens with one attached hydrogen (secondary N) is 1. The quantitative estimate of drug-likeness (QED) is 0.861. The highest BCUT2D eigenvalue weighted by molar-refractivity contribution is 5.86. The number of carbonyl (C=O) groups is 1. The Balaban J connectivity index is 0.00000147. The monoisotopic (exact) mass is 300 g/mol. The summed E-state index contributed by atoms with van der Waals surface area (Å²) >= 11 is 0. The standard InChI is InChI=1S/C14H20N2O3.ClH/c1-18-14(17)13-3-2-11(19-13)9-16-7-5-12-10(8-16)4-6-15-12;/h2-3,10,12,15H,4-9H2,1H3;1H. The Hall–Kier alpha value is -1.04. The van der Waals surface area contributed by atoms with E-state index in [9.17, 15) is 4.79 Å². The minimum atomic E-state index is -0.412. The highest BCUT2D eigenvalue weighted by Gasteiger charge is 2.32. The first kappa shape index (κ1) is 15.4. The van der Waals surface area contributed by atoms with Gasteiger partial charge < -0.3 is 14.5 Å². The smallest absolute Gasteiger partial charge is 0.373 e. The number of rotatable bonds is 3. The summed E-state index contributed by atoms with van der Waals surface area (Å²) in [5.74, 6) is 1.48. The van der Waals surface area contributed by atoms with E-state index in [0.29, 0.717) is 6.04 Å². The lowest BCUT2D eigenvalue weighted by molar-refractivity contribution is 0.0559. The molecule has 3 heterocycles. The van der Waals surface area contributed by atoms with Crippen LogP contribution < -0.4 is 5.32 Å². The Kier molecular flexibility index (Phi) is 5.07. The molecule has 112 valence electrons. The molecule has 0 spiro atoms. The lowest BCUT2D eigenvalue weighted by Crippen LogP contribution is -2.43. The Morgan fingerprint density at radius 2 is 2.35 bits per heavy atom. The first-order chi connectivity index (χ1) is 9.26. The van der Waals surface area contributed by atoms with Gasteiger partial charge in [-0.1, -0.05) is 0 Å². The van der Waals surface area contributed by atoms with Gasteiger partial charge in [0.05, 0.1) is 13.7 Å². The van der Waals surface area contributed by atoms with Crippen LogP contribution in [0.25, 0.3) is 0 Å². The SMILES string of the molecule is COC(=O)c1ccc(CN2CCC3NCCC3C2)o1.Cl. The number of halogens is 1. The molecule has 0 saturated carbocycles. The molecular formula is C14H21ClN2O3. The van der Waals surface area contributed by atoms with Gasteiger partial charge in [0.1, 0.15) is 5.76 Å². The molecule has 0 aromatic carbocycles. The van der Waals surface area contributed by atoms with Crippen molar-refractivity contribution < 1.29 is 13.9 Å². The van der Waals surface area contributed by atoms with Crippen molar-refractivity contribution in [3.8, 4) is 0 Å². The van der Waals surface area contributed by atoms with E-state index in [2.05, 4.69) is 15.0 Å². The van der Waals surface area contributed by atoms with E-state index >= 15 is 0 Å². The number of nitrogens with zero attached hydrogens (tertiary/aromatic N) is 1. The van der Waals surface area contributed by atoms with Crippen LogP contribution in [0.15, 0.2) is 16.5 Å². The first-order valence-corrected chi connectivity index (χ1v) is 6.89. The van der Waals surface area contributed by atoms with Gasteiger partial charge in [0.25, 0.3) is 0 Å². The van der Waals surface area contributed by atoms with Crippen molar-refractivity contribution in [3.63, 3.8) is 0 Å². The number of piperidine rings is 1. The van der Waals surface area contributed by atoms with Crippen LogP contribution in [0.4, 0.5) is 0 Å². The third kappa shape index (κ3) is 3.16. The van der Waals surface area contributed by atoms with Crippen molar-refractivity contribution in [1.82, 2.24) is 10.2 Å². The Morgan fingerprint density at radius 1 is 1.50 bits per heavy atom. The number of methoxy groups -OCH3 is 1. The molecule has 2 atom stereocenters. The summed E-state index contributed by atoms with van der Waals surface area (Å²) in [5.41, 5.74) is 0. The average molecular weight is 301 g/mol. The van der Waals surface area contributed by atoms with Crippen molar-refractivity contribution in [3.05, 3.63) is 23.7 Å². The highest BCUT2D eigenvalue weighted by atomic mass is 35.5. The minimum absolute atomic E-state index is 0. The van der Waals surface area contributed by atoms with Crippen molar-refractivity contribution in [2.75, 3.05) is 26.7 Å². The summed E-state index contributed by atoms with van der Waals surface area (Å²) in [6.45, 7) is 4.13. The van der Waals surface area contributed by atoms with Crippen molar-refractivity contribution in [2.45, 2.75) is 25.4 Å². The number of furan rings is 1. The zero-order valence-corrected chi connectivity index (χ0v) is 12.4. The summed E-state index contributed by atoms with van der Waals surface area (Å²) in [6.07, 6.45) is 2.47. The van der Waals surface area contributed by atoms with Gasteiger partial charge in [-0.2, -0.15) is 0 Å². The predicted octanol–water partition coefficient (Wildman–Crippen LogP) is 1.67. The number of hydrogen-bond donors (Lipinski definition) is 1. The van der Waals surface area contributed by atoms with E-state index in [1.54, 1.807) is 6.07 Å². The lowest BCUT2D eigenvalue weighted by Gasteiger charge is -2.34. The number of likely N-dealkylation sites (tertiary alicyclic amines) is 1. The molecule has 2 unspecified atom stereocenters. The van der Waals surface area contributed by atoms with E-state index in [4.69, 9.17) is 4.42 Å². The minimum Gasteiger partial charge on any atom is -0.463 e. The molecule has 2 aliphatic rings. The third-order valence-corrected chi connectivity index (χ3v) is 4.17. The fraction of sp³-hybridized carbons (Fsp3) is 0.643. The van der Waals surface area contributed by atoms with Crippen LogP contribution in [-0.4, -0.2) is 43.7 Å². The molecule has 0 radical (unpaired) electrons. The Bertz CT molecular complexity index is 463. The molecule has 6 heteroatoms. The van der Waals surface area contributed by atoms with E-state index in [1.807, 2.05) is 6.07 Å². The molecular weight excluding hydrogens is 280 g/mol. The van der Waals surface area contributed by atoms with Crippen molar-refractivity contribution in [2.24, 2.45) is 5.92 Å². The second kappa shape index (κ2) is 6.61. The molecule has 1 aromatic rings. The molecule has 1 N–H and O–H groups in total. The second-order valence-corrected chi connectivity index (χ2v) is 5.39. The molecule has 0 aliphatic carbocycles. The number of fused-ring (bicyclic) bond motifs is 1. The topological polar surface area (TPSA) is 54.7 Å². The van der Waals surface area contributed by atoms with Gasteiger partial charge >= 0.3 is 5.97 Å². The largest absolute Gasteiger partial charge is 0.463 e. The molecule has 20 heavy (non-hydrogen) atoms. The van der Waals surface area contributed by atoms with E-state index in [-0.39, 0.29) is 18.2 Å². The summed E-state index contributed by atoms with van der Waals surface area (Å²) in [5, 5.41) is 3.56. The summed E-state index contributed by atoms with van der Waals surface area (Å²) < 4.78 is 10.2. The molecule has 2 fully saturated rings. The van der Waals surface area contributed by atoms with Gasteiger partial charge in [0.15, 0.2) is 0 Å². The van der Waals surface area contributed by atoms with Crippen LogP contribution in [0.5, 0.6) is 0 Å². The van der Waals surface area contributed by atoms with Gasteiger partial charge in [0.2, 0.25) is 5.76 Å². The van der Waals surface area contributed by atoms with E-state index in [1.165, 1.54) is 20.0 Å². The van der Waals surface area contributed by atoms with Crippen LogP contribution in [0.3, 0.4) is 0 Å². The molecule has 2 saturated heterocycles. The Labute approximate surface area is 125 Å². The normalized spacial score (nSPS) is 25.9. The fourth-order valence-corrected chi connectivity index (χ4v) is 3.16. The van der Waals surface area contributed by atoms with Crippen LogP contribution in [0.2, 0.25) is 0 Å². The summed E-state index contributed by atoms with van der Waals surface area (Å²) in [4.78, 5) is 13.7. The second-order valence-electron chi connectivity index (χ2n) is 5.39. The van der Waals surface area contributed by atoms with Gasteiger partial charge in [0, 0.05) is 19.1 Å². The fourth-order valence-electron chi connectivity index (χ4n) is 3.16. The van der Waals surface area contributed by atoms with E-state index < -0.39 is 5.97 Å². The maximum Gasteiger partial charge on any atom is 0.373 e. The third-order valence-electron chi connectivity index (χ3n) is 4.17. The van der Waals surface area contributed by atoms with Crippen LogP contribution in [0, 0.1) is 5.92 Å². The predicted molar refractivity (Wildman–Crippen MR) is 77.1 cm³/mol. The highest BCUT2D eigenvalue weighted by Crippen LogP contribution is 2.25. The zero-order chi connectivity index (χ0) is 13.2. The number of hydrogen-bond acceptors (Lipinski definition) is 5. The van der Waals surface area contributed by atoms with Crippen LogP contribution >= 0.6 is 12.4 Å². The van der Waals surface area contributed by atoms with Gasteiger partial charge in [-0.05, 0) is 37.4 Å². The summed E-state index contributed by atoms with van der Waals surface area (Å²) in [6, 6.07) is 4.26. The van der Waals surface area contributed by atoms with Crippen molar-refractivity contribution >= 4 is 18.4 Å². The number of esters is 1. The Morgan fingerprint density at radius 3 is 3.15 bits per heavy atom. The summed E-state index contributed by atoms with van der Waals surface area (Å²) in [7, 11) is 1.36. The maximum absolute atomic E-state index is 11.3. The number of carbonyl (C=O) groups excluding carboxylic acids is 1. The van der Waals surface area contributed by atoms with Gasteiger partial charge in [-0.25, -0.2) is 4.79 Å². The molecule has 5 nitrogen and oxygen atoms in total. The zero-order valence-electron chi connectivity index (χ0n) is 11.6. The molecule has 0 amide bonds. The number of ether oxygens (including phenoxy) is 1.